The van der Waals surface area contributed by atoms with Crippen LogP contribution in [0.3, 0.4) is 0 Å². The molecule has 0 fully saturated rings. The number of halogens is 2. The van der Waals surface area contributed by atoms with Crippen LogP contribution in [0.2, 0.25) is 0 Å². The van der Waals surface area contributed by atoms with Crippen molar-refractivity contribution >= 4 is 0 Å². The second-order valence-corrected chi connectivity index (χ2v) is 4.18. The minimum absolute atomic E-state index is 0.192. The molecule has 0 unspecified atom stereocenters. The van der Waals surface area contributed by atoms with E-state index in [1.807, 2.05) is 0 Å². The van der Waals surface area contributed by atoms with Crippen molar-refractivity contribution < 1.29 is 8.78 Å². The number of hydrogen-bond donors (Lipinski definition) is 1. The van der Waals surface area contributed by atoms with Gasteiger partial charge in [-0.2, -0.15) is 0 Å². The predicted octanol–water partition coefficient (Wildman–Crippen LogP) is 2.07. The van der Waals surface area contributed by atoms with Crippen molar-refractivity contribution in [1.82, 2.24) is 15.3 Å². The summed E-state index contributed by atoms with van der Waals surface area (Å²) in [5.74, 6) is -1.72. The van der Waals surface area contributed by atoms with E-state index in [2.05, 4.69) is 15.3 Å². The number of benzene rings is 1. The summed E-state index contributed by atoms with van der Waals surface area (Å²) >= 11 is 0. The molecule has 0 aliphatic carbocycles. The third-order valence-corrected chi connectivity index (χ3v) is 3.08. The van der Waals surface area contributed by atoms with Gasteiger partial charge in [0, 0.05) is 30.6 Å². The van der Waals surface area contributed by atoms with Crippen molar-refractivity contribution in [3.8, 4) is 11.3 Å². The van der Waals surface area contributed by atoms with Gasteiger partial charge in [0.25, 0.3) is 0 Å². The maximum atomic E-state index is 13.8. The van der Waals surface area contributed by atoms with Crippen LogP contribution in [0, 0.1) is 11.6 Å². The summed E-state index contributed by atoms with van der Waals surface area (Å²) in [6.07, 6.45) is 2.19. The lowest BCUT2D eigenvalue weighted by Crippen LogP contribution is -2.25. The van der Waals surface area contributed by atoms with E-state index in [1.165, 1.54) is 18.5 Å². The molecular formula is C13H11F2N3. The molecule has 0 bridgehead atoms. The Morgan fingerprint density at radius 3 is 2.94 bits per heavy atom. The van der Waals surface area contributed by atoms with Gasteiger partial charge in [-0.1, -0.05) is 6.07 Å². The van der Waals surface area contributed by atoms with Gasteiger partial charge in [0.15, 0.2) is 11.6 Å². The first-order chi connectivity index (χ1) is 8.77. The van der Waals surface area contributed by atoms with Gasteiger partial charge in [-0.3, -0.25) is 0 Å². The van der Waals surface area contributed by atoms with Crippen LogP contribution in [-0.4, -0.2) is 16.5 Å². The molecule has 0 saturated carbocycles. The van der Waals surface area contributed by atoms with E-state index in [9.17, 15) is 8.78 Å². The van der Waals surface area contributed by atoms with Crippen molar-refractivity contribution in [3.05, 3.63) is 47.4 Å². The van der Waals surface area contributed by atoms with Crippen molar-refractivity contribution in [2.75, 3.05) is 6.54 Å². The highest BCUT2D eigenvalue weighted by atomic mass is 19.2. The van der Waals surface area contributed by atoms with E-state index in [0.29, 0.717) is 12.2 Å². The van der Waals surface area contributed by atoms with Gasteiger partial charge < -0.3 is 5.32 Å². The molecule has 2 aromatic rings. The molecule has 0 radical (unpaired) electrons. The molecule has 3 rings (SSSR count). The molecule has 1 aliphatic rings. The molecule has 1 aromatic heterocycles. The molecule has 0 spiro atoms. The summed E-state index contributed by atoms with van der Waals surface area (Å²) in [6.45, 7) is 1.43. The quantitative estimate of drug-likeness (QED) is 0.838. The number of aromatic nitrogens is 2. The van der Waals surface area contributed by atoms with Gasteiger partial charge >= 0.3 is 0 Å². The van der Waals surface area contributed by atoms with Crippen LogP contribution in [0.5, 0.6) is 0 Å². The summed E-state index contributed by atoms with van der Waals surface area (Å²) in [5, 5.41) is 3.19. The molecule has 0 amide bonds. The first-order valence-electron chi connectivity index (χ1n) is 5.75. The van der Waals surface area contributed by atoms with Gasteiger partial charge in [-0.15, -0.1) is 0 Å². The van der Waals surface area contributed by atoms with Crippen molar-refractivity contribution in [2.45, 2.75) is 13.0 Å². The summed E-state index contributed by atoms with van der Waals surface area (Å²) in [6, 6.07) is 4.12. The molecular weight excluding hydrogens is 236 g/mol. The average Bonchev–Trinajstić information content (AvgIpc) is 2.41. The lowest BCUT2D eigenvalue weighted by Gasteiger charge is -2.18. The van der Waals surface area contributed by atoms with Crippen LogP contribution in [0.25, 0.3) is 11.3 Å². The maximum absolute atomic E-state index is 13.8. The van der Waals surface area contributed by atoms with E-state index in [4.69, 9.17) is 0 Å². The van der Waals surface area contributed by atoms with Gasteiger partial charge in [-0.25, -0.2) is 18.7 Å². The fourth-order valence-corrected chi connectivity index (χ4v) is 2.19. The van der Waals surface area contributed by atoms with Crippen LogP contribution in [0.15, 0.2) is 24.5 Å². The van der Waals surface area contributed by atoms with Gasteiger partial charge in [0.05, 0.1) is 11.4 Å². The largest absolute Gasteiger partial charge is 0.312 e. The Balaban J connectivity index is 2.20. The van der Waals surface area contributed by atoms with Crippen LogP contribution in [0.1, 0.15) is 11.3 Å². The Morgan fingerprint density at radius 2 is 2.06 bits per heavy atom. The van der Waals surface area contributed by atoms with Crippen LogP contribution in [-0.2, 0) is 13.0 Å². The highest BCUT2D eigenvalue weighted by Gasteiger charge is 2.19. The van der Waals surface area contributed by atoms with E-state index in [0.717, 1.165) is 30.3 Å². The Morgan fingerprint density at radius 1 is 1.17 bits per heavy atom. The smallest absolute Gasteiger partial charge is 0.168 e. The topological polar surface area (TPSA) is 37.8 Å². The number of rotatable bonds is 1. The van der Waals surface area contributed by atoms with Crippen molar-refractivity contribution in [1.29, 1.82) is 0 Å². The molecule has 1 aliphatic heterocycles. The Bertz CT molecular complexity index is 599. The van der Waals surface area contributed by atoms with E-state index in [-0.39, 0.29) is 5.56 Å². The van der Waals surface area contributed by atoms with Gasteiger partial charge in [-0.05, 0) is 12.1 Å². The first-order valence-corrected chi connectivity index (χ1v) is 5.75. The summed E-state index contributed by atoms with van der Waals surface area (Å²) in [7, 11) is 0. The predicted molar refractivity (Wildman–Crippen MR) is 62.8 cm³/mol. The Kier molecular flexibility index (Phi) is 2.76. The average molecular weight is 247 g/mol. The minimum atomic E-state index is -0.858. The molecule has 18 heavy (non-hydrogen) atoms. The lowest BCUT2D eigenvalue weighted by atomic mass is 10.00. The summed E-state index contributed by atoms with van der Waals surface area (Å²) in [4.78, 5) is 8.30. The zero-order chi connectivity index (χ0) is 12.5. The molecule has 0 saturated heterocycles. The Hall–Kier alpha value is -1.88. The molecule has 1 aromatic carbocycles. The molecule has 1 N–H and O–H groups in total. The van der Waals surface area contributed by atoms with E-state index < -0.39 is 11.6 Å². The Labute approximate surface area is 103 Å². The van der Waals surface area contributed by atoms with Crippen LogP contribution in [0.4, 0.5) is 8.78 Å². The molecule has 2 heterocycles. The lowest BCUT2D eigenvalue weighted by molar-refractivity contribution is 0.510. The highest BCUT2D eigenvalue weighted by molar-refractivity contribution is 5.64. The number of nitrogens with zero attached hydrogens (tertiary/aromatic N) is 2. The zero-order valence-corrected chi connectivity index (χ0v) is 9.58. The number of hydrogen-bond acceptors (Lipinski definition) is 3. The fourth-order valence-electron chi connectivity index (χ4n) is 2.19. The minimum Gasteiger partial charge on any atom is -0.312 e. The molecule has 0 atom stereocenters. The third kappa shape index (κ3) is 1.76. The van der Waals surface area contributed by atoms with Crippen molar-refractivity contribution in [2.24, 2.45) is 0 Å². The first kappa shape index (κ1) is 11.2. The fraction of sp³-hybridized carbons (Fsp3) is 0.231. The van der Waals surface area contributed by atoms with Crippen molar-refractivity contribution in [3.63, 3.8) is 0 Å². The standard InChI is InChI=1S/C13H11F2N3/c14-10-3-1-2-8(12(10)15)13-9-6-16-5-4-11(9)17-7-18-13/h1-3,7,16H,4-6H2. The number of nitrogens with one attached hydrogen (secondary N) is 1. The normalized spacial score (nSPS) is 14.3. The second kappa shape index (κ2) is 4.42. The van der Waals surface area contributed by atoms with Gasteiger partial charge in [0.2, 0.25) is 0 Å². The van der Waals surface area contributed by atoms with E-state index in [1.54, 1.807) is 0 Å². The zero-order valence-electron chi connectivity index (χ0n) is 9.58. The van der Waals surface area contributed by atoms with Crippen LogP contribution >= 0.6 is 0 Å². The third-order valence-electron chi connectivity index (χ3n) is 3.08. The highest BCUT2D eigenvalue weighted by Crippen LogP contribution is 2.27. The molecule has 5 heteroatoms. The molecule has 92 valence electrons. The maximum Gasteiger partial charge on any atom is 0.168 e. The molecule has 3 nitrogen and oxygen atoms in total. The van der Waals surface area contributed by atoms with Gasteiger partial charge in [0.1, 0.15) is 6.33 Å². The summed E-state index contributed by atoms with van der Waals surface area (Å²) in [5.41, 5.74) is 2.43. The number of fused-ring (bicyclic) bond motifs is 1. The second-order valence-electron chi connectivity index (χ2n) is 4.18. The van der Waals surface area contributed by atoms with E-state index >= 15 is 0 Å². The van der Waals surface area contributed by atoms with Crippen LogP contribution < -0.4 is 5.32 Å². The summed E-state index contributed by atoms with van der Waals surface area (Å²) < 4.78 is 27.1. The SMILES string of the molecule is Fc1cccc(-c2ncnc3c2CNCC3)c1F. The monoisotopic (exact) mass is 247 g/mol.